The van der Waals surface area contributed by atoms with Gasteiger partial charge < -0.3 is 15.2 Å². The summed E-state index contributed by atoms with van der Waals surface area (Å²) < 4.78 is 0. The molecule has 7 heteroatoms. The minimum atomic E-state index is -0.514. The van der Waals surface area contributed by atoms with E-state index in [0.29, 0.717) is 49.3 Å². The van der Waals surface area contributed by atoms with E-state index in [4.69, 9.17) is 0 Å². The number of nitrogens with zero attached hydrogens (tertiary/aromatic N) is 2. The molecule has 1 aromatic rings. The number of hydrogen-bond acceptors (Lipinski definition) is 4. The Morgan fingerprint density at radius 3 is 2.35 bits per heavy atom. The Kier molecular flexibility index (Phi) is 4.92. The first kappa shape index (κ1) is 18.6. The van der Waals surface area contributed by atoms with Gasteiger partial charge in [0.1, 0.15) is 5.54 Å². The second-order valence-electron chi connectivity index (χ2n) is 7.54. The van der Waals surface area contributed by atoms with Crippen LogP contribution in [0.25, 0.3) is 0 Å². The Hall–Kier alpha value is -2.15. The lowest BCUT2D eigenvalue weighted by Crippen LogP contribution is -2.61. The second kappa shape index (κ2) is 6.87. The zero-order valence-corrected chi connectivity index (χ0v) is 16.1. The second-order valence-corrected chi connectivity index (χ2v) is 7.54. The lowest BCUT2D eigenvalue weighted by molar-refractivity contribution is -0.134. The van der Waals surface area contributed by atoms with Gasteiger partial charge in [-0.2, -0.15) is 0 Å². The molecular formula is C19H28N4O3. The number of Topliss-reactive ketones (excluding diaryl/α,β-unsaturated/α-hetero) is 1. The Morgan fingerprint density at radius 2 is 1.77 bits per heavy atom. The van der Waals surface area contributed by atoms with Crippen LogP contribution in [-0.4, -0.2) is 71.1 Å². The van der Waals surface area contributed by atoms with E-state index < -0.39 is 5.54 Å². The largest absolute Gasteiger partial charge is 0.355 e. The first-order valence-corrected chi connectivity index (χ1v) is 9.27. The third-order valence-corrected chi connectivity index (χ3v) is 5.99. The Labute approximate surface area is 154 Å². The van der Waals surface area contributed by atoms with Crippen molar-refractivity contribution in [1.29, 1.82) is 0 Å². The quantitative estimate of drug-likeness (QED) is 0.778. The molecule has 2 N–H and O–H groups in total. The van der Waals surface area contributed by atoms with Gasteiger partial charge in [-0.05, 0) is 45.7 Å². The minimum absolute atomic E-state index is 0.0599. The van der Waals surface area contributed by atoms with E-state index in [-0.39, 0.29) is 17.6 Å². The van der Waals surface area contributed by atoms with E-state index in [1.807, 2.05) is 25.8 Å². The lowest BCUT2D eigenvalue weighted by atomic mass is 9.84. The van der Waals surface area contributed by atoms with Crippen molar-refractivity contribution in [3.63, 3.8) is 0 Å². The van der Waals surface area contributed by atoms with Crippen molar-refractivity contribution in [2.45, 2.75) is 45.6 Å². The van der Waals surface area contributed by atoms with Crippen molar-refractivity contribution in [2.24, 2.45) is 0 Å². The van der Waals surface area contributed by atoms with Crippen LogP contribution in [0.15, 0.2) is 0 Å². The Morgan fingerprint density at radius 1 is 1.12 bits per heavy atom. The molecule has 2 aliphatic heterocycles. The van der Waals surface area contributed by atoms with E-state index in [0.717, 1.165) is 18.7 Å². The van der Waals surface area contributed by atoms with Gasteiger partial charge in [-0.3, -0.25) is 19.3 Å². The summed E-state index contributed by atoms with van der Waals surface area (Å²) in [6.07, 6.45) is 2.20. The first-order chi connectivity index (χ1) is 12.3. The standard InChI is InChI=1S/C19H28N4O3/c1-12-15(13(2)21-16(12)14(3)24)17(25)23-10-6-19(7-11-23)18(26)20-8-5-9-22(19)4/h21H,5-11H2,1-4H3,(H,20,26). The van der Waals surface area contributed by atoms with Gasteiger partial charge in [-0.15, -0.1) is 0 Å². The van der Waals surface area contributed by atoms with E-state index in [1.165, 1.54) is 6.92 Å². The number of ketones is 1. The number of likely N-dealkylation sites (N-methyl/N-ethyl adjacent to an activating group) is 1. The van der Waals surface area contributed by atoms with Gasteiger partial charge in [0.15, 0.2) is 5.78 Å². The van der Waals surface area contributed by atoms with E-state index in [2.05, 4.69) is 15.2 Å². The molecule has 0 aromatic carbocycles. The van der Waals surface area contributed by atoms with Gasteiger partial charge in [0.25, 0.3) is 5.91 Å². The highest BCUT2D eigenvalue weighted by Crippen LogP contribution is 2.31. The van der Waals surface area contributed by atoms with Gasteiger partial charge in [0, 0.05) is 38.8 Å². The van der Waals surface area contributed by atoms with Crippen molar-refractivity contribution in [1.82, 2.24) is 20.1 Å². The highest BCUT2D eigenvalue weighted by Gasteiger charge is 2.46. The van der Waals surface area contributed by atoms with Crippen LogP contribution < -0.4 is 5.32 Å². The number of amides is 2. The van der Waals surface area contributed by atoms with Crippen LogP contribution in [0.1, 0.15) is 58.3 Å². The maximum Gasteiger partial charge on any atom is 0.255 e. The van der Waals surface area contributed by atoms with Crippen molar-refractivity contribution in [3.05, 3.63) is 22.5 Å². The first-order valence-electron chi connectivity index (χ1n) is 9.27. The number of H-pyrrole nitrogens is 1. The molecule has 142 valence electrons. The summed E-state index contributed by atoms with van der Waals surface area (Å²) in [4.78, 5) is 44.4. The molecule has 2 saturated heterocycles. The summed E-state index contributed by atoms with van der Waals surface area (Å²) in [5.74, 6) is -0.0493. The van der Waals surface area contributed by atoms with E-state index in [9.17, 15) is 14.4 Å². The van der Waals surface area contributed by atoms with Crippen LogP contribution in [0, 0.1) is 13.8 Å². The third kappa shape index (κ3) is 2.94. The fraction of sp³-hybridized carbons (Fsp3) is 0.632. The van der Waals surface area contributed by atoms with Crippen LogP contribution in [0.2, 0.25) is 0 Å². The number of aromatic amines is 1. The van der Waals surface area contributed by atoms with Crippen molar-refractivity contribution in [3.8, 4) is 0 Å². The third-order valence-electron chi connectivity index (χ3n) is 5.99. The lowest BCUT2D eigenvalue weighted by Gasteiger charge is -2.45. The van der Waals surface area contributed by atoms with Crippen LogP contribution in [-0.2, 0) is 4.79 Å². The maximum atomic E-state index is 13.1. The molecular weight excluding hydrogens is 332 g/mol. The van der Waals surface area contributed by atoms with Gasteiger partial charge in [0.2, 0.25) is 5.91 Å². The monoisotopic (exact) mass is 360 g/mol. The molecule has 1 aromatic heterocycles. The zero-order chi connectivity index (χ0) is 19.1. The average molecular weight is 360 g/mol. The summed E-state index contributed by atoms with van der Waals surface area (Å²) in [5, 5.41) is 3.02. The summed E-state index contributed by atoms with van der Waals surface area (Å²) in [6, 6.07) is 0. The molecule has 3 heterocycles. The van der Waals surface area contributed by atoms with Crippen LogP contribution in [0.5, 0.6) is 0 Å². The molecule has 0 aliphatic carbocycles. The van der Waals surface area contributed by atoms with Crippen LogP contribution in [0.3, 0.4) is 0 Å². The Bertz CT molecular complexity index is 744. The predicted octanol–water partition coefficient (Wildman–Crippen LogP) is 1.26. The molecule has 2 amide bonds. The van der Waals surface area contributed by atoms with Crippen LogP contribution >= 0.6 is 0 Å². The number of hydrogen-bond donors (Lipinski definition) is 2. The van der Waals surface area contributed by atoms with Gasteiger partial charge in [-0.25, -0.2) is 0 Å². The highest BCUT2D eigenvalue weighted by atomic mass is 16.2. The summed E-state index contributed by atoms with van der Waals surface area (Å²) in [6.45, 7) is 7.80. The molecule has 3 rings (SSSR count). The van der Waals surface area contributed by atoms with Crippen molar-refractivity contribution in [2.75, 3.05) is 33.2 Å². The number of carbonyl (C=O) groups is 3. The number of carbonyl (C=O) groups excluding carboxylic acids is 3. The summed E-state index contributed by atoms with van der Waals surface area (Å²) in [7, 11) is 2.00. The number of rotatable bonds is 2. The molecule has 0 atom stereocenters. The highest BCUT2D eigenvalue weighted by molar-refractivity contribution is 6.02. The fourth-order valence-corrected chi connectivity index (χ4v) is 4.34. The molecule has 0 bridgehead atoms. The molecule has 2 aliphatic rings. The molecule has 2 fully saturated rings. The minimum Gasteiger partial charge on any atom is -0.355 e. The Balaban J connectivity index is 1.79. The summed E-state index contributed by atoms with van der Waals surface area (Å²) in [5.41, 5.74) is 2.01. The predicted molar refractivity (Wildman–Crippen MR) is 98.4 cm³/mol. The number of piperidine rings is 1. The maximum absolute atomic E-state index is 13.1. The van der Waals surface area contributed by atoms with E-state index in [1.54, 1.807) is 0 Å². The smallest absolute Gasteiger partial charge is 0.255 e. The van der Waals surface area contributed by atoms with E-state index >= 15 is 0 Å². The SMILES string of the molecule is CC(=O)c1[nH]c(C)c(C(=O)N2CCC3(CC2)C(=O)NCCCN3C)c1C. The molecule has 26 heavy (non-hydrogen) atoms. The number of nitrogens with one attached hydrogen (secondary N) is 2. The zero-order valence-electron chi connectivity index (χ0n) is 16.1. The van der Waals surface area contributed by atoms with Crippen molar-refractivity contribution < 1.29 is 14.4 Å². The molecule has 1 spiro atoms. The molecule has 0 saturated carbocycles. The van der Waals surface area contributed by atoms with Gasteiger partial charge in [-0.1, -0.05) is 0 Å². The number of aromatic nitrogens is 1. The molecule has 0 unspecified atom stereocenters. The van der Waals surface area contributed by atoms with Gasteiger partial charge >= 0.3 is 0 Å². The summed E-state index contributed by atoms with van der Waals surface area (Å²) >= 11 is 0. The number of aryl methyl sites for hydroxylation is 1. The van der Waals surface area contributed by atoms with Gasteiger partial charge in [0.05, 0.1) is 11.3 Å². The topological polar surface area (TPSA) is 85.5 Å². The van der Waals surface area contributed by atoms with Crippen LogP contribution in [0.4, 0.5) is 0 Å². The fourth-order valence-electron chi connectivity index (χ4n) is 4.34. The number of likely N-dealkylation sites (tertiary alicyclic amines) is 1. The average Bonchev–Trinajstić information content (AvgIpc) is 2.85. The normalized spacial score (nSPS) is 20.8. The molecule has 0 radical (unpaired) electrons. The van der Waals surface area contributed by atoms with Crippen molar-refractivity contribution >= 4 is 17.6 Å². The molecule has 7 nitrogen and oxygen atoms in total.